The highest BCUT2D eigenvalue weighted by Gasteiger charge is 2.26. The van der Waals surface area contributed by atoms with Crippen molar-refractivity contribution < 1.29 is 9.15 Å². The highest BCUT2D eigenvalue weighted by Crippen LogP contribution is 2.27. The number of benzene rings is 2. The minimum absolute atomic E-state index is 0.0829. The van der Waals surface area contributed by atoms with Crippen LogP contribution in [0.25, 0.3) is 11.5 Å². The Morgan fingerprint density at radius 2 is 1.80 bits per heavy atom. The minimum Gasteiger partial charge on any atom is -0.496 e. The van der Waals surface area contributed by atoms with E-state index in [2.05, 4.69) is 46.0 Å². The van der Waals surface area contributed by atoms with E-state index in [1.807, 2.05) is 30.3 Å². The van der Waals surface area contributed by atoms with Gasteiger partial charge in [0.25, 0.3) is 0 Å². The fraction of sp³-hybridized carbons (Fsp3) is 0.391. The van der Waals surface area contributed by atoms with Crippen molar-refractivity contribution in [1.82, 2.24) is 20.0 Å². The average Bonchev–Trinajstić information content (AvgIpc) is 3.25. The van der Waals surface area contributed by atoms with Gasteiger partial charge in [-0.1, -0.05) is 29.3 Å². The molecule has 4 rings (SSSR count). The van der Waals surface area contributed by atoms with Crippen molar-refractivity contribution in [2.24, 2.45) is 0 Å². The predicted molar refractivity (Wildman–Crippen MR) is 118 cm³/mol. The second kappa shape index (κ2) is 9.16. The largest absolute Gasteiger partial charge is 0.496 e. The van der Waals surface area contributed by atoms with Crippen molar-refractivity contribution in [3.63, 3.8) is 0 Å². The molecule has 0 amide bonds. The van der Waals surface area contributed by atoms with Crippen molar-refractivity contribution in [2.75, 3.05) is 33.3 Å². The molecule has 1 fully saturated rings. The van der Waals surface area contributed by atoms with Crippen molar-refractivity contribution in [3.8, 4) is 17.2 Å². The number of hydrogen-bond acceptors (Lipinski definition) is 6. The number of methoxy groups -OCH3 is 1. The van der Waals surface area contributed by atoms with Crippen LogP contribution in [-0.2, 0) is 6.54 Å². The average molecular weight is 427 g/mol. The lowest BCUT2D eigenvalue weighted by Gasteiger charge is -2.37. The summed E-state index contributed by atoms with van der Waals surface area (Å²) in [6.45, 7) is 8.80. The Kier molecular flexibility index (Phi) is 6.37. The number of rotatable bonds is 6. The van der Waals surface area contributed by atoms with Gasteiger partial charge in [-0.05, 0) is 44.2 Å². The number of halogens is 1. The van der Waals surface area contributed by atoms with Gasteiger partial charge < -0.3 is 9.15 Å². The van der Waals surface area contributed by atoms with Crippen LogP contribution in [0.4, 0.5) is 0 Å². The normalized spacial score (nSPS) is 16.5. The molecule has 1 unspecified atom stereocenters. The molecule has 3 aromatic rings. The summed E-state index contributed by atoms with van der Waals surface area (Å²) in [5.74, 6) is 2.11. The zero-order valence-electron chi connectivity index (χ0n) is 17.6. The lowest BCUT2D eigenvalue weighted by atomic mass is 10.1. The molecule has 1 atom stereocenters. The lowest BCUT2D eigenvalue weighted by Crippen LogP contribution is -2.46. The Bertz CT molecular complexity index is 981. The summed E-state index contributed by atoms with van der Waals surface area (Å²) in [4.78, 5) is 4.81. The molecule has 0 aliphatic carbocycles. The monoisotopic (exact) mass is 426 g/mol. The molecule has 2 heterocycles. The van der Waals surface area contributed by atoms with E-state index < -0.39 is 0 Å². The van der Waals surface area contributed by atoms with E-state index in [-0.39, 0.29) is 6.04 Å². The molecule has 158 valence electrons. The van der Waals surface area contributed by atoms with Gasteiger partial charge in [-0.15, -0.1) is 10.2 Å². The number of piperazine rings is 1. The summed E-state index contributed by atoms with van der Waals surface area (Å²) in [7, 11) is 1.70. The maximum absolute atomic E-state index is 6.17. The van der Waals surface area contributed by atoms with Crippen molar-refractivity contribution in [3.05, 3.63) is 64.5 Å². The molecule has 1 saturated heterocycles. The lowest BCUT2D eigenvalue weighted by molar-refractivity contribution is 0.0871. The van der Waals surface area contributed by atoms with Crippen LogP contribution in [0.15, 0.2) is 46.9 Å². The van der Waals surface area contributed by atoms with Crippen LogP contribution in [-0.4, -0.2) is 53.3 Å². The Balaban J connectivity index is 1.36. The molecule has 1 aromatic heterocycles. The fourth-order valence-electron chi connectivity index (χ4n) is 3.79. The first-order valence-electron chi connectivity index (χ1n) is 10.2. The molecular formula is C23H27ClN4O2. The number of hydrogen-bond donors (Lipinski definition) is 0. The summed E-state index contributed by atoms with van der Waals surface area (Å²) in [6, 6.07) is 14.0. The number of nitrogens with zero attached hydrogens (tertiary/aromatic N) is 4. The standard InChI is InChI=1S/C23H27ClN4O2/c1-16-4-6-18(7-5-16)23-26-25-22(30-23)17(2)28-12-10-27(11-13-28)15-19-14-20(24)8-9-21(19)29-3/h4-9,14,17H,10-13,15H2,1-3H3. The van der Waals surface area contributed by atoms with Gasteiger partial charge in [0.1, 0.15) is 5.75 Å². The Hall–Kier alpha value is -2.41. The van der Waals surface area contributed by atoms with Gasteiger partial charge in [0.2, 0.25) is 11.8 Å². The molecule has 1 aliphatic heterocycles. The summed E-state index contributed by atoms with van der Waals surface area (Å²) >= 11 is 6.17. The maximum Gasteiger partial charge on any atom is 0.247 e. The highest BCUT2D eigenvalue weighted by atomic mass is 35.5. The van der Waals surface area contributed by atoms with Gasteiger partial charge in [-0.2, -0.15) is 0 Å². The number of aromatic nitrogens is 2. The molecule has 0 N–H and O–H groups in total. The van der Waals surface area contributed by atoms with E-state index in [4.69, 9.17) is 20.8 Å². The summed E-state index contributed by atoms with van der Waals surface area (Å²) in [5.41, 5.74) is 3.28. The molecule has 0 bridgehead atoms. The first-order valence-corrected chi connectivity index (χ1v) is 10.6. The van der Waals surface area contributed by atoms with Crippen LogP contribution in [0.1, 0.15) is 30.0 Å². The van der Waals surface area contributed by atoms with E-state index in [0.717, 1.165) is 54.6 Å². The van der Waals surface area contributed by atoms with E-state index >= 15 is 0 Å². The van der Waals surface area contributed by atoms with Gasteiger partial charge >= 0.3 is 0 Å². The molecule has 1 aliphatic rings. The number of ether oxygens (including phenoxy) is 1. The van der Waals surface area contributed by atoms with Gasteiger partial charge in [0.05, 0.1) is 13.2 Å². The third-order valence-corrected chi connectivity index (χ3v) is 5.92. The highest BCUT2D eigenvalue weighted by molar-refractivity contribution is 6.30. The molecule has 0 saturated carbocycles. The first-order chi connectivity index (χ1) is 14.5. The zero-order valence-corrected chi connectivity index (χ0v) is 18.4. The van der Waals surface area contributed by atoms with Crippen molar-refractivity contribution in [2.45, 2.75) is 26.4 Å². The third-order valence-electron chi connectivity index (χ3n) is 5.69. The van der Waals surface area contributed by atoms with Crippen LogP contribution in [0, 0.1) is 6.92 Å². The molecule has 6 nitrogen and oxygen atoms in total. The van der Waals surface area contributed by atoms with E-state index in [9.17, 15) is 0 Å². The Morgan fingerprint density at radius 1 is 1.07 bits per heavy atom. The van der Waals surface area contributed by atoms with E-state index in [1.54, 1.807) is 7.11 Å². The quantitative estimate of drug-likeness (QED) is 0.574. The molecule has 2 aromatic carbocycles. The van der Waals surface area contributed by atoms with Gasteiger partial charge in [0, 0.05) is 48.9 Å². The van der Waals surface area contributed by atoms with Crippen molar-refractivity contribution >= 4 is 11.6 Å². The van der Waals surface area contributed by atoms with Crippen LogP contribution in [0.5, 0.6) is 5.75 Å². The van der Waals surface area contributed by atoms with Crippen LogP contribution >= 0.6 is 11.6 Å². The maximum atomic E-state index is 6.17. The molecule has 0 radical (unpaired) electrons. The molecule has 7 heteroatoms. The number of aryl methyl sites for hydroxylation is 1. The predicted octanol–water partition coefficient (Wildman–Crippen LogP) is 4.59. The molecule has 30 heavy (non-hydrogen) atoms. The van der Waals surface area contributed by atoms with Gasteiger partial charge in [-0.25, -0.2) is 0 Å². The molecular weight excluding hydrogens is 400 g/mol. The van der Waals surface area contributed by atoms with Crippen LogP contribution in [0.3, 0.4) is 0 Å². The van der Waals surface area contributed by atoms with Gasteiger partial charge in [-0.3, -0.25) is 9.80 Å². The second-order valence-corrected chi connectivity index (χ2v) is 8.19. The Morgan fingerprint density at radius 3 is 2.50 bits per heavy atom. The zero-order chi connectivity index (χ0) is 21.1. The first kappa shape index (κ1) is 20.8. The van der Waals surface area contributed by atoms with Gasteiger partial charge in [0.15, 0.2) is 0 Å². The summed E-state index contributed by atoms with van der Waals surface area (Å²) in [6.07, 6.45) is 0. The SMILES string of the molecule is COc1ccc(Cl)cc1CN1CCN(C(C)c2nnc(-c3ccc(C)cc3)o2)CC1. The van der Waals surface area contributed by atoms with Crippen molar-refractivity contribution in [1.29, 1.82) is 0 Å². The van der Waals surface area contributed by atoms with Crippen LogP contribution < -0.4 is 4.74 Å². The smallest absolute Gasteiger partial charge is 0.247 e. The minimum atomic E-state index is 0.0829. The summed E-state index contributed by atoms with van der Waals surface area (Å²) in [5, 5.41) is 9.29. The fourth-order valence-corrected chi connectivity index (χ4v) is 3.99. The van der Waals surface area contributed by atoms with Crippen LogP contribution in [0.2, 0.25) is 5.02 Å². The second-order valence-electron chi connectivity index (χ2n) is 7.76. The topological polar surface area (TPSA) is 54.6 Å². The van der Waals surface area contributed by atoms with E-state index in [0.29, 0.717) is 11.8 Å². The third kappa shape index (κ3) is 4.67. The van der Waals surface area contributed by atoms with E-state index in [1.165, 1.54) is 5.56 Å². The Labute approximate surface area is 182 Å². The molecule has 0 spiro atoms. The summed E-state index contributed by atoms with van der Waals surface area (Å²) < 4.78 is 11.5.